The van der Waals surface area contributed by atoms with Gasteiger partial charge in [0, 0.05) is 59.6 Å². The van der Waals surface area contributed by atoms with Crippen LogP contribution in [0.3, 0.4) is 0 Å². The van der Waals surface area contributed by atoms with E-state index in [4.69, 9.17) is 11.6 Å². The monoisotopic (exact) mass is 302 g/mol. The Bertz CT molecular complexity index is 696. The molecule has 3 rings (SSSR count). The molecule has 1 aromatic heterocycles. The molecule has 4 heteroatoms. The quantitative estimate of drug-likeness (QED) is 0.627. The van der Waals surface area contributed by atoms with Gasteiger partial charge in [-0.05, 0) is 38.0 Å². The molecule has 3 nitrogen and oxygen atoms in total. The maximum absolute atomic E-state index is 12.5. The maximum Gasteiger partial charge on any atom is 0.189 e. The lowest BCUT2D eigenvalue weighted by Gasteiger charge is -2.09. The first kappa shape index (κ1) is 14.2. The van der Waals surface area contributed by atoms with E-state index >= 15 is 0 Å². The summed E-state index contributed by atoms with van der Waals surface area (Å²) in [6.45, 7) is 5.00. The van der Waals surface area contributed by atoms with Crippen LogP contribution in [-0.2, 0) is 6.54 Å². The summed E-state index contributed by atoms with van der Waals surface area (Å²) in [6.07, 6.45) is 7.96. The summed E-state index contributed by atoms with van der Waals surface area (Å²) in [6, 6.07) is 5.71. The number of likely N-dealkylation sites (tertiary alicyclic amines) is 1. The number of aromatic nitrogens is 1. The number of fused-ring (bicyclic) bond motifs is 1. The Balaban J connectivity index is 1.95. The first-order valence-electron chi connectivity index (χ1n) is 7.44. The molecule has 0 unspecified atom stereocenters. The first-order valence-corrected chi connectivity index (χ1v) is 7.82. The molecule has 2 aromatic rings. The van der Waals surface area contributed by atoms with Crippen molar-refractivity contribution in [2.75, 3.05) is 13.1 Å². The van der Waals surface area contributed by atoms with Gasteiger partial charge in [-0.15, -0.1) is 0 Å². The number of hydrogen-bond donors (Lipinski definition) is 0. The number of ketones is 1. The molecule has 1 aliphatic heterocycles. The van der Waals surface area contributed by atoms with E-state index in [1.54, 1.807) is 6.08 Å². The normalized spacial score (nSPS) is 15.4. The molecular formula is C17H19ClN2O. The second-order valence-electron chi connectivity index (χ2n) is 5.41. The number of allylic oxidation sites excluding steroid dienone is 1. The molecular weight excluding hydrogens is 284 g/mol. The van der Waals surface area contributed by atoms with E-state index in [0.717, 1.165) is 36.1 Å². The summed E-state index contributed by atoms with van der Waals surface area (Å²) < 4.78 is 2.09. The predicted molar refractivity (Wildman–Crippen MR) is 86.9 cm³/mol. The molecule has 0 saturated carbocycles. The fraction of sp³-hybridized carbons (Fsp3) is 0.353. The van der Waals surface area contributed by atoms with Crippen molar-refractivity contribution in [3.05, 3.63) is 47.3 Å². The Morgan fingerprint density at radius 2 is 2.10 bits per heavy atom. The van der Waals surface area contributed by atoms with Gasteiger partial charge in [0.1, 0.15) is 0 Å². The van der Waals surface area contributed by atoms with Crippen molar-refractivity contribution in [2.45, 2.75) is 26.3 Å². The number of aryl methyl sites for hydroxylation is 1. The highest BCUT2D eigenvalue weighted by atomic mass is 35.5. The molecule has 21 heavy (non-hydrogen) atoms. The highest BCUT2D eigenvalue weighted by molar-refractivity contribution is 6.31. The molecule has 0 radical (unpaired) electrons. The highest BCUT2D eigenvalue weighted by Crippen LogP contribution is 2.25. The SMILES string of the molecule is CCn1cc(C(=O)/C=C/N2CCCC2)c2cc(Cl)ccc21. The van der Waals surface area contributed by atoms with Gasteiger partial charge in [0.05, 0.1) is 0 Å². The largest absolute Gasteiger partial charge is 0.377 e. The van der Waals surface area contributed by atoms with E-state index in [-0.39, 0.29) is 5.78 Å². The summed E-state index contributed by atoms with van der Waals surface area (Å²) in [7, 11) is 0. The van der Waals surface area contributed by atoms with Gasteiger partial charge in [0.25, 0.3) is 0 Å². The molecule has 2 heterocycles. The van der Waals surface area contributed by atoms with Gasteiger partial charge in [-0.25, -0.2) is 0 Å². The van der Waals surface area contributed by atoms with Crippen molar-refractivity contribution in [3.8, 4) is 0 Å². The lowest BCUT2D eigenvalue weighted by atomic mass is 10.1. The molecule has 0 amide bonds. The van der Waals surface area contributed by atoms with Crippen LogP contribution in [0, 0.1) is 0 Å². The summed E-state index contributed by atoms with van der Waals surface area (Å²) in [5.74, 6) is 0.0429. The molecule has 0 N–H and O–H groups in total. The standard InChI is InChI=1S/C17H19ClN2O/c1-2-20-12-15(14-11-13(18)5-6-16(14)20)17(21)7-10-19-8-3-4-9-19/h5-7,10-12H,2-4,8-9H2,1H3/b10-7+. The number of nitrogens with zero attached hydrogens (tertiary/aromatic N) is 2. The molecule has 0 bridgehead atoms. The number of hydrogen-bond acceptors (Lipinski definition) is 2. The van der Waals surface area contributed by atoms with Crippen molar-refractivity contribution in [1.29, 1.82) is 0 Å². The van der Waals surface area contributed by atoms with Crippen molar-refractivity contribution in [3.63, 3.8) is 0 Å². The molecule has 1 saturated heterocycles. The van der Waals surface area contributed by atoms with E-state index in [1.165, 1.54) is 12.8 Å². The Morgan fingerprint density at radius 1 is 1.33 bits per heavy atom. The van der Waals surface area contributed by atoms with E-state index in [0.29, 0.717) is 5.02 Å². The third-order valence-corrected chi connectivity index (χ3v) is 4.26. The fourth-order valence-corrected chi connectivity index (χ4v) is 3.05. The van der Waals surface area contributed by atoms with Gasteiger partial charge in [-0.2, -0.15) is 0 Å². The zero-order chi connectivity index (χ0) is 14.8. The lowest BCUT2D eigenvalue weighted by molar-refractivity contribution is 0.104. The van der Waals surface area contributed by atoms with Crippen molar-refractivity contribution in [1.82, 2.24) is 9.47 Å². The Morgan fingerprint density at radius 3 is 2.81 bits per heavy atom. The molecule has 1 aliphatic rings. The van der Waals surface area contributed by atoms with Crippen LogP contribution in [0.25, 0.3) is 10.9 Å². The zero-order valence-corrected chi connectivity index (χ0v) is 12.9. The second kappa shape index (κ2) is 5.94. The first-order chi connectivity index (χ1) is 10.2. The average Bonchev–Trinajstić information content (AvgIpc) is 3.11. The van der Waals surface area contributed by atoms with E-state index < -0.39 is 0 Å². The lowest BCUT2D eigenvalue weighted by Crippen LogP contribution is -2.11. The van der Waals surface area contributed by atoms with Crippen LogP contribution in [0.2, 0.25) is 5.02 Å². The number of benzene rings is 1. The molecule has 0 aliphatic carbocycles. The summed E-state index contributed by atoms with van der Waals surface area (Å²) in [4.78, 5) is 14.7. The smallest absolute Gasteiger partial charge is 0.189 e. The molecule has 1 fully saturated rings. The summed E-state index contributed by atoms with van der Waals surface area (Å²) >= 11 is 6.08. The van der Waals surface area contributed by atoms with Crippen LogP contribution in [-0.4, -0.2) is 28.3 Å². The fourth-order valence-electron chi connectivity index (χ4n) is 2.88. The van der Waals surface area contributed by atoms with Gasteiger partial charge in [-0.1, -0.05) is 11.6 Å². The minimum absolute atomic E-state index is 0.0429. The van der Waals surface area contributed by atoms with Crippen LogP contribution in [0.5, 0.6) is 0 Å². The van der Waals surface area contributed by atoms with Crippen LogP contribution < -0.4 is 0 Å². The van der Waals surface area contributed by atoms with E-state index in [9.17, 15) is 4.79 Å². The van der Waals surface area contributed by atoms with Crippen molar-refractivity contribution in [2.24, 2.45) is 0 Å². The second-order valence-corrected chi connectivity index (χ2v) is 5.85. The topological polar surface area (TPSA) is 25.2 Å². The van der Waals surface area contributed by atoms with Crippen LogP contribution >= 0.6 is 11.6 Å². The summed E-state index contributed by atoms with van der Waals surface area (Å²) in [5, 5.41) is 1.59. The number of carbonyl (C=O) groups is 1. The van der Waals surface area contributed by atoms with Gasteiger partial charge >= 0.3 is 0 Å². The van der Waals surface area contributed by atoms with Crippen LogP contribution in [0.4, 0.5) is 0 Å². The Labute approximate surface area is 129 Å². The highest BCUT2D eigenvalue weighted by Gasteiger charge is 2.14. The van der Waals surface area contributed by atoms with Crippen molar-refractivity contribution < 1.29 is 4.79 Å². The van der Waals surface area contributed by atoms with E-state index in [1.807, 2.05) is 30.6 Å². The van der Waals surface area contributed by atoms with Gasteiger partial charge < -0.3 is 9.47 Å². The molecule has 1 aromatic carbocycles. The number of carbonyl (C=O) groups excluding carboxylic acids is 1. The Kier molecular flexibility index (Phi) is 4.02. The Hall–Kier alpha value is -1.74. The minimum Gasteiger partial charge on any atom is -0.377 e. The minimum atomic E-state index is 0.0429. The van der Waals surface area contributed by atoms with Gasteiger partial charge in [0.2, 0.25) is 0 Å². The third kappa shape index (κ3) is 2.84. The number of halogens is 1. The van der Waals surface area contributed by atoms with Crippen molar-refractivity contribution >= 4 is 28.3 Å². The predicted octanol–water partition coefficient (Wildman–Crippen LogP) is 4.11. The van der Waals surface area contributed by atoms with E-state index in [2.05, 4.69) is 16.4 Å². The molecule has 110 valence electrons. The number of rotatable bonds is 4. The van der Waals surface area contributed by atoms with Gasteiger partial charge in [-0.3, -0.25) is 4.79 Å². The van der Waals surface area contributed by atoms with Gasteiger partial charge in [0.15, 0.2) is 5.78 Å². The average molecular weight is 303 g/mol. The summed E-state index contributed by atoms with van der Waals surface area (Å²) in [5.41, 5.74) is 1.78. The molecule has 0 atom stereocenters. The van der Waals surface area contributed by atoms with Crippen LogP contribution in [0.1, 0.15) is 30.1 Å². The van der Waals surface area contributed by atoms with Crippen LogP contribution in [0.15, 0.2) is 36.7 Å². The zero-order valence-electron chi connectivity index (χ0n) is 12.2. The third-order valence-electron chi connectivity index (χ3n) is 4.03. The maximum atomic E-state index is 12.5. The molecule has 0 spiro atoms.